The van der Waals surface area contributed by atoms with E-state index < -0.39 is 79.6 Å². The predicted molar refractivity (Wildman–Crippen MR) is 88.9 cm³/mol. The third-order valence-corrected chi connectivity index (χ3v) is 4.28. The van der Waals surface area contributed by atoms with E-state index in [0.29, 0.717) is 0 Å². The zero-order chi connectivity index (χ0) is 21.9. The molecule has 0 atom stereocenters. The minimum atomic E-state index is -2.27. The zero-order valence-electron chi connectivity index (χ0n) is 16.0. The lowest BCUT2D eigenvalue weighted by atomic mass is 9.75. The molecule has 0 amide bonds. The van der Waals surface area contributed by atoms with Crippen LogP contribution in [0.2, 0.25) is 0 Å². The van der Waals surface area contributed by atoms with Gasteiger partial charge in [-0.25, -0.2) is 35.1 Å². The molecule has 0 aliphatic carbocycles. The van der Waals surface area contributed by atoms with Gasteiger partial charge < -0.3 is 0 Å². The van der Waals surface area contributed by atoms with Gasteiger partial charge in [0.15, 0.2) is 46.5 Å². The highest BCUT2D eigenvalue weighted by atomic mass is 19.2. The number of halogens is 8. The zero-order valence-corrected chi connectivity index (χ0v) is 16.0. The Morgan fingerprint density at radius 3 is 0.786 bits per heavy atom. The van der Waals surface area contributed by atoms with Gasteiger partial charge in [0.05, 0.1) is 0 Å². The van der Waals surface area contributed by atoms with Crippen molar-refractivity contribution in [3.63, 3.8) is 0 Å². The standard InChI is InChI=1S/C20H18F8/c1-19(2,3)9-7(11(21)15(25)17(27)13(9)23)8-10(20(4,5)6)14(24)18(28)16(26)12(8)22/h1-6H3. The minimum Gasteiger partial charge on any atom is -0.203 e. The van der Waals surface area contributed by atoms with Crippen LogP contribution in [0.25, 0.3) is 11.1 Å². The van der Waals surface area contributed by atoms with Gasteiger partial charge in [0.2, 0.25) is 0 Å². The van der Waals surface area contributed by atoms with Gasteiger partial charge in [0.25, 0.3) is 0 Å². The average molecular weight is 410 g/mol. The van der Waals surface area contributed by atoms with Crippen molar-refractivity contribution in [2.24, 2.45) is 0 Å². The van der Waals surface area contributed by atoms with Gasteiger partial charge in [-0.15, -0.1) is 0 Å². The maximum Gasteiger partial charge on any atom is 0.198 e. The van der Waals surface area contributed by atoms with Crippen molar-refractivity contribution in [3.8, 4) is 11.1 Å². The molecule has 0 bridgehead atoms. The highest BCUT2D eigenvalue weighted by Gasteiger charge is 2.39. The SMILES string of the molecule is CC(C)(C)c1c(F)c(F)c(F)c(F)c1-c1c(F)c(F)c(F)c(F)c1C(C)(C)C. The Balaban J connectivity index is 3.28. The van der Waals surface area contributed by atoms with Gasteiger partial charge in [0.1, 0.15) is 0 Å². The monoisotopic (exact) mass is 410 g/mol. The van der Waals surface area contributed by atoms with E-state index in [1.165, 1.54) is 41.5 Å². The fourth-order valence-corrected chi connectivity index (χ4v) is 3.14. The molecule has 0 radical (unpaired) electrons. The first-order valence-corrected chi connectivity index (χ1v) is 8.26. The van der Waals surface area contributed by atoms with Crippen molar-refractivity contribution in [2.75, 3.05) is 0 Å². The van der Waals surface area contributed by atoms with Crippen molar-refractivity contribution in [1.82, 2.24) is 0 Å². The predicted octanol–water partition coefficient (Wildman–Crippen LogP) is 7.06. The van der Waals surface area contributed by atoms with E-state index in [0.717, 1.165) is 0 Å². The highest BCUT2D eigenvalue weighted by molar-refractivity contribution is 5.75. The lowest BCUT2D eigenvalue weighted by molar-refractivity contribution is 0.384. The Labute approximate surface area is 157 Å². The Morgan fingerprint density at radius 1 is 0.357 bits per heavy atom. The maximum atomic E-state index is 14.7. The summed E-state index contributed by atoms with van der Waals surface area (Å²) in [6, 6.07) is 0. The smallest absolute Gasteiger partial charge is 0.198 e. The Hall–Kier alpha value is -2.12. The molecule has 0 N–H and O–H groups in total. The van der Waals surface area contributed by atoms with E-state index in [9.17, 15) is 35.1 Å². The first-order valence-electron chi connectivity index (χ1n) is 8.26. The summed E-state index contributed by atoms with van der Waals surface area (Å²) in [5.41, 5.74) is -6.92. The number of hydrogen-bond acceptors (Lipinski definition) is 0. The number of hydrogen-bond donors (Lipinski definition) is 0. The molecule has 0 nitrogen and oxygen atoms in total. The van der Waals surface area contributed by atoms with Crippen LogP contribution in [-0.4, -0.2) is 0 Å². The summed E-state index contributed by atoms with van der Waals surface area (Å²) < 4.78 is 114. The number of benzene rings is 2. The van der Waals surface area contributed by atoms with E-state index >= 15 is 0 Å². The Morgan fingerprint density at radius 2 is 0.571 bits per heavy atom. The van der Waals surface area contributed by atoms with Crippen LogP contribution in [0.4, 0.5) is 35.1 Å². The van der Waals surface area contributed by atoms with Crippen molar-refractivity contribution in [2.45, 2.75) is 52.4 Å². The van der Waals surface area contributed by atoms with Crippen molar-refractivity contribution in [3.05, 3.63) is 57.7 Å². The maximum absolute atomic E-state index is 14.7. The van der Waals surface area contributed by atoms with Crippen LogP contribution < -0.4 is 0 Å². The molecule has 0 aromatic heterocycles. The van der Waals surface area contributed by atoms with Crippen LogP contribution in [-0.2, 0) is 10.8 Å². The molecule has 0 fully saturated rings. The second kappa shape index (κ2) is 6.74. The molecular formula is C20H18F8. The molecule has 2 rings (SSSR count). The minimum absolute atomic E-state index is 0.835. The van der Waals surface area contributed by atoms with E-state index in [1.54, 1.807) is 0 Å². The summed E-state index contributed by atoms with van der Waals surface area (Å²) >= 11 is 0. The van der Waals surface area contributed by atoms with E-state index in [1.807, 2.05) is 0 Å². The topological polar surface area (TPSA) is 0 Å². The molecular weight excluding hydrogens is 392 g/mol. The third kappa shape index (κ3) is 3.26. The van der Waals surface area contributed by atoms with Crippen LogP contribution in [0.15, 0.2) is 0 Å². The average Bonchev–Trinajstić information content (AvgIpc) is 2.55. The lowest BCUT2D eigenvalue weighted by Gasteiger charge is -2.29. The van der Waals surface area contributed by atoms with Gasteiger partial charge >= 0.3 is 0 Å². The van der Waals surface area contributed by atoms with E-state index in [2.05, 4.69) is 0 Å². The molecule has 0 saturated heterocycles. The van der Waals surface area contributed by atoms with Gasteiger partial charge in [-0.05, 0) is 10.8 Å². The van der Waals surface area contributed by atoms with Gasteiger partial charge in [0, 0.05) is 22.3 Å². The molecule has 0 heterocycles. The first-order chi connectivity index (χ1) is 12.5. The molecule has 28 heavy (non-hydrogen) atoms. The van der Waals surface area contributed by atoms with Gasteiger partial charge in [-0.1, -0.05) is 41.5 Å². The summed E-state index contributed by atoms with van der Waals surface area (Å²) in [5.74, 6) is -16.6. The molecule has 0 saturated carbocycles. The molecule has 0 aliphatic rings. The Kier molecular flexibility index (Phi) is 5.34. The molecule has 8 heteroatoms. The van der Waals surface area contributed by atoms with E-state index in [4.69, 9.17) is 0 Å². The molecule has 2 aromatic carbocycles. The largest absolute Gasteiger partial charge is 0.203 e. The second-order valence-electron chi connectivity index (χ2n) is 8.51. The molecule has 154 valence electrons. The number of rotatable bonds is 1. The summed E-state index contributed by atoms with van der Waals surface area (Å²) in [4.78, 5) is 0. The van der Waals surface area contributed by atoms with Crippen LogP contribution in [0.3, 0.4) is 0 Å². The molecule has 2 aromatic rings. The summed E-state index contributed by atoms with van der Waals surface area (Å²) in [6.07, 6.45) is 0. The van der Waals surface area contributed by atoms with Gasteiger partial charge in [-0.3, -0.25) is 0 Å². The summed E-state index contributed by atoms with van der Waals surface area (Å²) in [6.45, 7) is 7.73. The molecule has 0 unspecified atom stereocenters. The van der Waals surface area contributed by atoms with Crippen molar-refractivity contribution in [1.29, 1.82) is 0 Å². The second-order valence-corrected chi connectivity index (χ2v) is 8.51. The van der Waals surface area contributed by atoms with Crippen molar-refractivity contribution < 1.29 is 35.1 Å². The van der Waals surface area contributed by atoms with Crippen LogP contribution in [0, 0.1) is 46.5 Å². The third-order valence-electron chi connectivity index (χ3n) is 4.28. The van der Waals surface area contributed by atoms with Gasteiger partial charge in [-0.2, -0.15) is 0 Å². The summed E-state index contributed by atoms with van der Waals surface area (Å²) in [7, 11) is 0. The molecule has 0 aliphatic heterocycles. The fourth-order valence-electron chi connectivity index (χ4n) is 3.14. The lowest BCUT2D eigenvalue weighted by Crippen LogP contribution is -2.24. The van der Waals surface area contributed by atoms with E-state index in [-0.39, 0.29) is 0 Å². The normalized spacial score (nSPS) is 12.6. The first kappa shape index (κ1) is 22.2. The molecule has 0 spiro atoms. The van der Waals surface area contributed by atoms with Crippen LogP contribution in [0.1, 0.15) is 52.7 Å². The quantitative estimate of drug-likeness (QED) is 0.268. The Bertz CT molecular complexity index is 883. The van der Waals surface area contributed by atoms with Crippen molar-refractivity contribution >= 4 is 0 Å². The summed E-state index contributed by atoms with van der Waals surface area (Å²) in [5, 5.41) is 0. The highest BCUT2D eigenvalue weighted by Crippen LogP contribution is 2.46. The fraction of sp³-hybridized carbons (Fsp3) is 0.400. The van der Waals surface area contributed by atoms with Crippen LogP contribution >= 0.6 is 0 Å². The van der Waals surface area contributed by atoms with Crippen LogP contribution in [0.5, 0.6) is 0 Å².